The summed E-state index contributed by atoms with van der Waals surface area (Å²) in [5, 5.41) is 0. The fraction of sp³-hybridized carbons (Fsp3) is 0.455. The van der Waals surface area contributed by atoms with Gasteiger partial charge in [-0.05, 0) is 24.6 Å². The molecule has 17 heavy (non-hydrogen) atoms. The predicted octanol–water partition coefficient (Wildman–Crippen LogP) is 0.892. The molecule has 0 unspecified atom stereocenters. The monoisotopic (exact) mass is 259 g/mol. The average molecular weight is 259 g/mol. The Morgan fingerprint density at radius 2 is 1.94 bits per heavy atom. The lowest BCUT2D eigenvalue weighted by Gasteiger charge is -2.14. The Morgan fingerprint density at radius 1 is 1.29 bits per heavy atom. The van der Waals surface area contributed by atoms with Gasteiger partial charge in [-0.25, -0.2) is 13.1 Å². The Balaban J connectivity index is 2.76. The molecule has 0 spiro atoms. The van der Waals surface area contributed by atoms with Crippen LogP contribution in [0.5, 0.6) is 0 Å². The van der Waals surface area contributed by atoms with E-state index in [2.05, 4.69) is 4.72 Å². The lowest BCUT2D eigenvalue weighted by atomic mass is 10.2. The normalized spacial score (nSPS) is 12.0. The molecule has 6 heteroatoms. The lowest BCUT2D eigenvalue weighted by molar-refractivity contribution is -0.0960. The van der Waals surface area contributed by atoms with Gasteiger partial charge in [0.2, 0.25) is 10.0 Å². The zero-order valence-electron chi connectivity index (χ0n) is 10.1. The van der Waals surface area contributed by atoms with Gasteiger partial charge in [-0.2, -0.15) is 0 Å². The van der Waals surface area contributed by atoms with Crippen molar-refractivity contribution in [2.75, 3.05) is 20.8 Å². The number of aryl methyl sites for hydroxylation is 1. The third kappa shape index (κ3) is 4.08. The van der Waals surface area contributed by atoms with Gasteiger partial charge in [0.15, 0.2) is 6.29 Å². The number of rotatable bonds is 6. The number of methoxy groups -OCH3 is 2. The number of sulfonamides is 1. The number of hydrogen-bond acceptors (Lipinski definition) is 4. The van der Waals surface area contributed by atoms with Crippen LogP contribution in [0, 0.1) is 6.92 Å². The highest BCUT2D eigenvalue weighted by molar-refractivity contribution is 7.89. The molecule has 1 rings (SSSR count). The van der Waals surface area contributed by atoms with Gasteiger partial charge in [-0.1, -0.05) is 12.1 Å². The molecule has 96 valence electrons. The van der Waals surface area contributed by atoms with Crippen LogP contribution in [0.4, 0.5) is 0 Å². The summed E-state index contributed by atoms with van der Waals surface area (Å²) in [6.07, 6.45) is -0.588. The molecular weight excluding hydrogens is 242 g/mol. The summed E-state index contributed by atoms with van der Waals surface area (Å²) in [5.74, 6) is 0. The maximum Gasteiger partial charge on any atom is 0.240 e. The van der Waals surface area contributed by atoms with Gasteiger partial charge in [0.25, 0.3) is 0 Å². The minimum atomic E-state index is -3.51. The van der Waals surface area contributed by atoms with Crippen molar-refractivity contribution >= 4 is 10.0 Å². The summed E-state index contributed by atoms with van der Waals surface area (Å²) in [5.41, 5.74) is 0.892. The third-order valence-electron chi connectivity index (χ3n) is 2.27. The number of ether oxygens (including phenoxy) is 2. The van der Waals surface area contributed by atoms with Crippen LogP contribution in [0.25, 0.3) is 0 Å². The van der Waals surface area contributed by atoms with Gasteiger partial charge in [-0.15, -0.1) is 0 Å². The van der Waals surface area contributed by atoms with Gasteiger partial charge in [0, 0.05) is 14.2 Å². The fourth-order valence-corrected chi connectivity index (χ4v) is 2.43. The van der Waals surface area contributed by atoms with Crippen LogP contribution in [-0.4, -0.2) is 35.5 Å². The minimum Gasteiger partial charge on any atom is -0.355 e. The summed E-state index contributed by atoms with van der Waals surface area (Å²) < 4.78 is 36.0. The Kier molecular flexibility index (Phi) is 5.07. The van der Waals surface area contributed by atoms with Crippen LogP contribution in [0.3, 0.4) is 0 Å². The first-order valence-corrected chi connectivity index (χ1v) is 6.60. The van der Waals surface area contributed by atoms with Crippen LogP contribution in [0.2, 0.25) is 0 Å². The summed E-state index contributed by atoms with van der Waals surface area (Å²) in [6, 6.07) is 6.70. The second-order valence-corrected chi connectivity index (χ2v) is 5.34. The molecule has 0 aliphatic carbocycles. The Bertz CT molecular complexity index is 454. The van der Waals surface area contributed by atoms with E-state index in [-0.39, 0.29) is 11.4 Å². The van der Waals surface area contributed by atoms with Crippen molar-refractivity contribution < 1.29 is 17.9 Å². The third-order valence-corrected chi connectivity index (χ3v) is 3.69. The fourth-order valence-electron chi connectivity index (χ4n) is 1.31. The van der Waals surface area contributed by atoms with Gasteiger partial charge in [0.05, 0.1) is 11.4 Å². The molecule has 0 aliphatic rings. The number of hydrogen-bond donors (Lipinski definition) is 1. The molecule has 0 atom stereocenters. The van der Waals surface area contributed by atoms with E-state index in [0.29, 0.717) is 0 Å². The van der Waals surface area contributed by atoms with Gasteiger partial charge in [-0.3, -0.25) is 0 Å². The van der Waals surface area contributed by atoms with Crippen LogP contribution in [0.1, 0.15) is 5.56 Å². The van der Waals surface area contributed by atoms with E-state index in [1.165, 1.54) is 14.2 Å². The van der Waals surface area contributed by atoms with E-state index in [4.69, 9.17) is 9.47 Å². The number of benzene rings is 1. The Labute approximate surface area is 102 Å². The van der Waals surface area contributed by atoms with Crippen molar-refractivity contribution in [1.29, 1.82) is 0 Å². The summed E-state index contributed by atoms with van der Waals surface area (Å²) in [6.45, 7) is 1.91. The van der Waals surface area contributed by atoms with Gasteiger partial charge in [0.1, 0.15) is 0 Å². The van der Waals surface area contributed by atoms with Crippen LogP contribution >= 0.6 is 0 Å². The van der Waals surface area contributed by atoms with Crippen LogP contribution in [-0.2, 0) is 19.5 Å². The molecule has 0 fully saturated rings. The molecule has 0 bridgehead atoms. The standard InChI is InChI=1S/C11H17NO4S/c1-9-5-4-6-10(7-9)17(13,14)12-8-11(15-2)16-3/h4-7,11-12H,8H2,1-3H3. The largest absolute Gasteiger partial charge is 0.355 e. The molecular formula is C11H17NO4S. The predicted molar refractivity (Wildman–Crippen MR) is 64.2 cm³/mol. The highest BCUT2D eigenvalue weighted by Gasteiger charge is 2.16. The topological polar surface area (TPSA) is 64.6 Å². The van der Waals surface area contributed by atoms with Crippen LogP contribution < -0.4 is 4.72 Å². The SMILES string of the molecule is COC(CNS(=O)(=O)c1cccc(C)c1)OC. The average Bonchev–Trinajstić information content (AvgIpc) is 2.30. The van der Waals surface area contributed by atoms with Crippen molar-refractivity contribution in [2.24, 2.45) is 0 Å². The van der Waals surface area contributed by atoms with E-state index in [0.717, 1.165) is 5.56 Å². The van der Waals surface area contributed by atoms with E-state index in [9.17, 15) is 8.42 Å². The summed E-state index contributed by atoms with van der Waals surface area (Å²) in [7, 11) is -0.601. The van der Waals surface area contributed by atoms with E-state index < -0.39 is 16.3 Å². The van der Waals surface area contributed by atoms with Crippen molar-refractivity contribution in [3.63, 3.8) is 0 Å². The van der Waals surface area contributed by atoms with Crippen molar-refractivity contribution in [1.82, 2.24) is 4.72 Å². The molecule has 0 radical (unpaired) electrons. The smallest absolute Gasteiger partial charge is 0.240 e. The first kappa shape index (κ1) is 14.1. The Hall–Kier alpha value is -0.950. The van der Waals surface area contributed by atoms with Gasteiger partial charge >= 0.3 is 0 Å². The second-order valence-electron chi connectivity index (χ2n) is 3.57. The molecule has 1 aromatic carbocycles. The highest BCUT2D eigenvalue weighted by atomic mass is 32.2. The summed E-state index contributed by atoms with van der Waals surface area (Å²) in [4.78, 5) is 0.239. The lowest BCUT2D eigenvalue weighted by Crippen LogP contribution is -2.34. The van der Waals surface area contributed by atoms with Crippen molar-refractivity contribution in [2.45, 2.75) is 18.1 Å². The summed E-state index contributed by atoms with van der Waals surface area (Å²) >= 11 is 0. The molecule has 1 aromatic rings. The molecule has 0 heterocycles. The zero-order chi connectivity index (χ0) is 12.9. The molecule has 0 saturated heterocycles. The first-order chi connectivity index (χ1) is 7.99. The quantitative estimate of drug-likeness (QED) is 0.771. The zero-order valence-corrected chi connectivity index (χ0v) is 11.0. The molecule has 0 aliphatic heterocycles. The van der Waals surface area contributed by atoms with Crippen LogP contribution in [0.15, 0.2) is 29.2 Å². The second kappa shape index (κ2) is 6.11. The van der Waals surface area contributed by atoms with E-state index in [1.54, 1.807) is 18.2 Å². The van der Waals surface area contributed by atoms with Gasteiger partial charge < -0.3 is 9.47 Å². The molecule has 5 nitrogen and oxygen atoms in total. The van der Waals surface area contributed by atoms with Crippen molar-refractivity contribution in [3.05, 3.63) is 29.8 Å². The maximum atomic E-state index is 11.9. The van der Waals surface area contributed by atoms with E-state index in [1.807, 2.05) is 13.0 Å². The molecule has 1 N–H and O–H groups in total. The van der Waals surface area contributed by atoms with Crippen molar-refractivity contribution in [3.8, 4) is 0 Å². The molecule has 0 amide bonds. The molecule has 0 aromatic heterocycles. The Morgan fingerprint density at radius 3 is 2.47 bits per heavy atom. The maximum absolute atomic E-state index is 11.9. The first-order valence-electron chi connectivity index (χ1n) is 5.11. The number of nitrogens with one attached hydrogen (secondary N) is 1. The molecule has 0 saturated carbocycles. The highest BCUT2D eigenvalue weighted by Crippen LogP contribution is 2.10. The van der Waals surface area contributed by atoms with E-state index >= 15 is 0 Å². The minimum absolute atomic E-state index is 0.0727.